The largest absolute Gasteiger partial charge is 0.347 e. The molecule has 1 aromatic heterocycles. The van der Waals surface area contributed by atoms with Crippen LogP contribution in [0.15, 0.2) is 36.7 Å². The highest BCUT2D eigenvalue weighted by molar-refractivity contribution is 5.95. The molecule has 2 N–H and O–H groups in total. The van der Waals surface area contributed by atoms with E-state index in [-0.39, 0.29) is 11.9 Å². The first-order valence-corrected chi connectivity index (χ1v) is 6.08. The van der Waals surface area contributed by atoms with Crippen molar-refractivity contribution < 1.29 is 4.79 Å². The fourth-order valence-electron chi connectivity index (χ4n) is 1.90. The fourth-order valence-corrected chi connectivity index (χ4v) is 1.90. The zero-order valence-corrected chi connectivity index (χ0v) is 10.6. The molecule has 0 fully saturated rings. The van der Waals surface area contributed by atoms with Crippen molar-refractivity contribution in [3.63, 3.8) is 0 Å². The van der Waals surface area contributed by atoms with Crippen molar-refractivity contribution in [2.24, 2.45) is 0 Å². The van der Waals surface area contributed by atoms with Crippen LogP contribution in [0.2, 0.25) is 0 Å². The van der Waals surface area contributed by atoms with Gasteiger partial charge in [-0.25, -0.2) is 4.98 Å². The van der Waals surface area contributed by atoms with Gasteiger partial charge in [-0.3, -0.25) is 4.79 Å². The maximum Gasteiger partial charge on any atom is 0.252 e. The van der Waals surface area contributed by atoms with Gasteiger partial charge < -0.3 is 10.3 Å². The number of nitrogens with zero attached hydrogens (tertiary/aromatic N) is 1. The van der Waals surface area contributed by atoms with E-state index in [2.05, 4.69) is 15.3 Å². The van der Waals surface area contributed by atoms with E-state index in [1.807, 2.05) is 38.1 Å². The predicted octanol–water partition coefficient (Wildman–Crippen LogP) is 2.60. The summed E-state index contributed by atoms with van der Waals surface area (Å²) >= 11 is 0. The molecule has 18 heavy (non-hydrogen) atoms. The van der Waals surface area contributed by atoms with Crippen molar-refractivity contribution in [2.45, 2.75) is 26.3 Å². The molecule has 2 rings (SSSR count). The van der Waals surface area contributed by atoms with Crippen molar-refractivity contribution in [3.8, 4) is 0 Å². The van der Waals surface area contributed by atoms with Gasteiger partial charge in [0.05, 0.1) is 6.04 Å². The molecule has 0 aliphatic rings. The van der Waals surface area contributed by atoms with Crippen molar-refractivity contribution in [3.05, 3.63) is 53.6 Å². The topological polar surface area (TPSA) is 57.8 Å². The molecule has 1 atom stereocenters. The summed E-state index contributed by atoms with van der Waals surface area (Å²) in [5.41, 5.74) is 1.69. The quantitative estimate of drug-likeness (QED) is 0.867. The Labute approximate surface area is 106 Å². The summed E-state index contributed by atoms with van der Waals surface area (Å²) < 4.78 is 0. The molecular weight excluding hydrogens is 226 g/mol. The summed E-state index contributed by atoms with van der Waals surface area (Å²) in [5.74, 6) is 0.732. The van der Waals surface area contributed by atoms with Crippen LogP contribution >= 0.6 is 0 Å². The van der Waals surface area contributed by atoms with Gasteiger partial charge >= 0.3 is 0 Å². The second-order valence-electron chi connectivity index (χ2n) is 4.22. The number of carbonyl (C=O) groups is 1. The molecule has 4 nitrogen and oxygen atoms in total. The van der Waals surface area contributed by atoms with E-state index in [1.54, 1.807) is 12.4 Å². The van der Waals surface area contributed by atoms with Crippen molar-refractivity contribution in [2.75, 3.05) is 0 Å². The molecule has 1 heterocycles. The Morgan fingerprint density at radius 1 is 1.44 bits per heavy atom. The average molecular weight is 243 g/mol. The summed E-state index contributed by atoms with van der Waals surface area (Å²) in [5, 5.41) is 2.99. The van der Waals surface area contributed by atoms with Crippen molar-refractivity contribution >= 4 is 5.91 Å². The number of hydrogen-bond acceptors (Lipinski definition) is 2. The summed E-state index contributed by atoms with van der Waals surface area (Å²) in [6, 6.07) is 7.49. The maximum atomic E-state index is 12.2. The zero-order chi connectivity index (χ0) is 13.0. The minimum absolute atomic E-state index is 0.0589. The van der Waals surface area contributed by atoms with Crippen LogP contribution in [0, 0.1) is 6.92 Å². The van der Waals surface area contributed by atoms with E-state index in [0.29, 0.717) is 5.56 Å². The smallest absolute Gasteiger partial charge is 0.252 e. The Bertz CT molecular complexity index is 520. The molecule has 0 bridgehead atoms. The number of aryl methyl sites for hydroxylation is 1. The number of aromatic amines is 1. The summed E-state index contributed by atoms with van der Waals surface area (Å²) in [4.78, 5) is 19.4. The van der Waals surface area contributed by atoms with Gasteiger partial charge in [0.25, 0.3) is 5.91 Å². The standard InChI is InChI=1S/C14H17N3O/c1-3-12(13-15-8-9-16-13)17-14(18)11-7-5-4-6-10(11)2/h4-9,12H,3H2,1-2H3,(H,15,16)(H,17,18). The Kier molecular flexibility index (Phi) is 3.77. The molecule has 94 valence electrons. The first kappa shape index (κ1) is 12.4. The molecule has 1 aromatic carbocycles. The average Bonchev–Trinajstić information content (AvgIpc) is 2.90. The van der Waals surface area contributed by atoms with Gasteiger partial charge in [0.15, 0.2) is 0 Å². The van der Waals surface area contributed by atoms with Crippen LogP contribution in [0.5, 0.6) is 0 Å². The van der Waals surface area contributed by atoms with E-state index in [1.165, 1.54) is 0 Å². The number of H-pyrrole nitrogens is 1. The van der Waals surface area contributed by atoms with Gasteiger partial charge in [-0.15, -0.1) is 0 Å². The SMILES string of the molecule is CCC(NC(=O)c1ccccc1C)c1ncc[nH]1. The number of hydrogen-bond donors (Lipinski definition) is 2. The van der Waals surface area contributed by atoms with Gasteiger partial charge in [0, 0.05) is 18.0 Å². The molecule has 4 heteroatoms. The lowest BCUT2D eigenvalue weighted by Gasteiger charge is -2.15. The molecule has 0 saturated heterocycles. The second-order valence-corrected chi connectivity index (χ2v) is 4.22. The minimum atomic E-state index is -0.0768. The third-order valence-electron chi connectivity index (χ3n) is 2.95. The Morgan fingerprint density at radius 3 is 2.83 bits per heavy atom. The number of rotatable bonds is 4. The number of imidazole rings is 1. The lowest BCUT2D eigenvalue weighted by molar-refractivity contribution is 0.0933. The third-order valence-corrected chi connectivity index (χ3v) is 2.95. The molecule has 0 radical (unpaired) electrons. The Morgan fingerprint density at radius 2 is 2.22 bits per heavy atom. The summed E-state index contributed by atoms with van der Waals surface area (Å²) in [7, 11) is 0. The van der Waals surface area contributed by atoms with Gasteiger partial charge in [-0.05, 0) is 25.0 Å². The van der Waals surface area contributed by atoms with E-state index < -0.39 is 0 Å². The van der Waals surface area contributed by atoms with Gasteiger partial charge in [-0.2, -0.15) is 0 Å². The highest BCUT2D eigenvalue weighted by Crippen LogP contribution is 2.14. The monoisotopic (exact) mass is 243 g/mol. The van der Waals surface area contributed by atoms with Crippen LogP contribution in [0.4, 0.5) is 0 Å². The number of aromatic nitrogens is 2. The number of amides is 1. The second kappa shape index (κ2) is 5.49. The first-order chi connectivity index (χ1) is 8.72. The number of benzene rings is 1. The maximum absolute atomic E-state index is 12.2. The first-order valence-electron chi connectivity index (χ1n) is 6.08. The molecule has 0 aliphatic carbocycles. The summed E-state index contributed by atoms with van der Waals surface area (Å²) in [6.45, 7) is 3.95. The zero-order valence-electron chi connectivity index (χ0n) is 10.6. The third kappa shape index (κ3) is 2.59. The highest BCUT2D eigenvalue weighted by Gasteiger charge is 2.16. The van der Waals surface area contributed by atoms with Crippen molar-refractivity contribution in [1.82, 2.24) is 15.3 Å². The lowest BCUT2D eigenvalue weighted by Crippen LogP contribution is -2.29. The molecular formula is C14H17N3O. The molecule has 1 unspecified atom stereocenters. The van der Waals surface area contributed by atoms with Crippen LogP contribution in [-0.2, 0) is 0 Å². The Balaban J connectivity index is 2.14. The predicted molar refractivity (Wildman–Crippen MR) is 70.3 cm³/mol. The Hall–Kier alpha value is -2.10. The van der Waals surface area contributed by atoms with Crippen LogP contribution < -0.4 is 5.32 Å². The number of carbonyl (C=O) groups excluding carboxylic acids is 1. The molecule has 2 aromatic rings. The van der Waals surface area contributed by atoms with Gasteiger partial charge in [0.2, 0.25) is 0 Å². The van der Waals surface area contributed by atoms with Crippen LogP contribution in [0.1, 0.15) is 41.1 Å². The number of nitrogens with one attached hydrogen (secondary N) is 2. The lowest BCUT2D eigenvalue weighted by atomic mass is 10.1. The highest BCUT2D eigenvalue weighted by atomic mass is 16.1. The van der Waals surface area contributed by atoms with Gasteiger partial charge in [0.1, 0.15) is 5.82 Å². The molecule has 1 amide bonds. The minimum Gasteiger partial charge on any atom is -0.347 e. The van der Waals surface area contributed by atoms with E-state index in [9.17, 15) is 4.79 Å². The molecule has 0 spiro atoms. The normalized spacial score (nSPS) is 12.1. The van der Waals surface area contributed by atoms with Crippen LogP contribution in [0.3, 0.4) is 0 Å². The fraction of sp³-hybridized carbons (Fsp3) is 0.286. The van der Waals surface area contributed by atoms with E-state index in [4.69, 9.17) is 0 Å². The summed E-state index contributed by atoms with van der Waals surface area (Å²) in [6.07, 6.45) is 4.25. The molecule has 0 aliphatic heterocycles. The van der Waals surface area contributed by atoms with Crippen molar-refractivity contribution in [1.29, 1.82) is 0 Å². The van der Waals surface area contributed by atoms with Crippen LogP contribution in [-0.4, -0.2) is 15.9 Å². The van der Waals surface area contributed by atoms with Gasteiger partial charge in [-0.1, -0.05) is 25.1 Å². The van der Waals surface area contributed by atoms with E-state index >= 15 is 0 Å². The molecule has 0 saturated carbocycles. The van der Waals surface area contributed by atoms with Crippen LogP contribution in [0.25, 0.3) is 0 Å². The van der Waals surface area contributed by atoms with E-state index in [0.717, 1.165) is 17.8 Å².